The largest absolute Gasteiger partial charge is 0.356 e. The zero-order valence-corrected chi connectivity index (χ0v) is 19.6. The van der Waals surface area contributed by atoms with Crippen molar-refractivity contribution >= 4 is 17.4 Å². The lowest BCUT2D eigenvalue weighted by Gasteiger charge is -2.26. The third-order valence-electron chi connectivity index (χ3n) is 6.19. The normalized spacial score (nSPS) is 15.6. The molecule has 1 N–H and O–H groups in total. The average molecular weight is 468 g/mol. The minimum absolute atomic E-state index is 0.0998. The Morgan fingerprint density at radius 3 is 2.56 bits per heavy atom. The quantitative estimate of drug-likeness (QED) is 0.465. The predicted molar refractivity (Wildman–Crippen MR) is 129 cm³/mol. The molecule has 0 bridgehead atoms. The average Bonchev–Trinajstić information content (AvgIpc) is 2.93. The van der Waals surface area contributed by atoms with Crippen molar-refractivity contribution in [2.75, 3.05) is 23.3 Å². The Hall–Kier alpha value is -3.35. The summed E-state index contributed by atoms with van der Waals surface area (Å²) in [5.41, 5.74) is 4.54. The summed E-state index contributed by atoms with van der Waals surface area (Å²) in [6.45, 7) is 6.00. The fraction of sp³-hybridized carbons (Fsp3) is 0.333. The van der Waals surface area contributed by atoms with Crippen LogP contribution in [0.5, 0.6) is 0 Å². The number of aromatic nitrogens is 1. The number of carbonyl (C=O) groups is 1. The second-order valence-electron chi connectivity index (χ2n) is 9.03. The Morgan fingerprint density at radius 2 is 1.82 bits per heavy atom. The van der Waals surface area contributed by atoms with E-state index >= 15 is 0 Å². The lowest BCUT2D eigenvalue weighted by molar-refractivity contribution is -0.0102. The van der Waals surface area contributed by atoms with Crippen molar-refractivity contribution < 1.29 is 18.0 Å². The highest BCUT2D eigenvalue weighted by atomic mass is 19.3. The van der Waals surface area contributed by atoms with Crippen LogP contribution in [0.15, 0.2) is 48.7 Å². The fourth-order valence-corrected chi connectivity index (χ4v) is 4.48. The number of carbonyl (C=O) groups excluding carboxylic acids is 1. The van der Waals surface area contributed by atoms with Crippen LogP contribution in [0, 0.1) is 26.6 Å². The first-order chi connectivity index (χ1) is 16.1. The van der Waals surface area contributed by atoms with E-state index in [1.165, 1.54) is 12.1 Å². The smallest absolute Gasteiger partial charge is 0.259 e. The number of anilines is 2. The third kappa shape index (κ3) is 5.24. The third-order valence-corrected chi connectivity index (χ3v) is 6.19. The van der Waals surface area contributed by atoms with Gasteiger partial charge in [-0.15, -0.1) is 0 Å². The maximum atomic E-state index is 14.1. The van der Waals surface area contributed by atoms with E-state index in [4.69, 9.17) is 0 Å². The van der Waals surface area contributed by atoms with Gasteiger partial charge in [0.25, 0.3) is 5.91 Å². The lowest BCUT2D eigenvalue weighted by Crippen LogP contribution is -2.30. The molecular weight excluding hydrogens is 439 g/mol. The van der Waals surface area contributed by atoms with E-state index in [2.05, 4.69) is 10.3 Å². The van der Waals surface area contributed by atoms with Gasteiger partial charge in [0, 0.05) is 43.4 Å². The molecule has 4 nitrogen and oxygen atoms in total. The van der Waals surface area contributed by atoms with Gasteiger partial charge < -0.3 is 10.2 Å². The Kier molecular flexibility index (Phi) is 6.64. The molecular formula is C27H28F3N3O. The molecule has 2 aromatic carbocycles. The molecule has 0 radical (unpaired) electrons. The summed E-state index contributed by atoms with van der Waals surface area (Å²) in [5, 5.41) is 2.92. The monoisotopic (exact) mass is 467 g/mol. The molecule has 0 atom stereocenters. The van der Waals surface area contributed by atoms with Crippen LogP contribution < -0.4 is 10.2 Å². The molecule has 178 valence electrons. The van der Waals surface area contributed by atoms with Gasteiger partial charge in [-0.25, -0.2) is 18.2 Å². The van der Waals surface area contributed by atoms with Crippen LogP contribution in [0.1, 0.15) is 46.3 Å². The van der Waals surface area contributed by atoms with Crippen LogP contribution in [-0.4, -0.2) is 29.9 Å². The molecule has 0 aliphatic carbocycles. The first-order valence-electron chi connectivity index (χ1n) is 11.4. The van der Waals surface area contributed by atoms with E-state index in [9.17, 15) is 18.0 Å². The number of amides is 1. The van der Waals surface area contributed by atoms with Gasteiger partial charge in [0.1, 0.15) is 11.6 Å². The summed E-state index contributed by atoms with van der Waals surface area (Å²) in [6, 6.07) is 12.1. The second kappa shape index (κ2) is 9.49. The van der Waals surface area contributed by atoms with Crippen LogP contribution >= 0.6 is 0 Å². The van der Waals surface area contributed by atoms with Crippen molar-refractivity contribution in [2.24, 2.45) is 0 Å². The Bertz CT molecular complexity index is 1210. The highest BCUT2D eigenvalue weighted by Crippen LogP contribution is 2.35. The first kappa shape index (κ1) is 23.8. The molecule has 1 aromatic heterocycles. The molecule has 1 amide bonds. The summed E-state index contributed by atoms with van der Waals surface area (Å²) in [6.07, 6.45) is 1.42. The van der Waals surface area contributed by atoms with Crippen molar-refractivity contribution in [3.05, 3.63) is 76.7 Å². The van der Waals surface area contributed by atoms with Crippen molar-refractivity contribution in [1.29, 1.82) is 0 Å². The molecule has 7 heteroatoms. The summed E-state index contributed by atoms with van der Waals surface area (Å²) in [4.78, 5) is 19.9. The molecule has 1 aliphatic heterocycles. The molecule has 1 saturated heterocycles. The van der Waals surface area contributed by atoms with Crippen LogP contribution in [0.3, 0.4) is 0 Å². The highest BCUT2D eigenvalue weighted by Gasteiger charge is 2.33. The highest BCUT2D eigenvalue weighted by molar-refractivity contribution is 6.09. The van der Waals surface area contributed by atoms with Gasteiger partial charge in [0.15, 0.2) is 0 Å². The summed E-state index contributed by atoms with van der Waals surface area (Å²) >= 11 is 0. The Balaban J connectivity index is 1.80. The lowest BCUT2D eigenvalue weighted by atomic mass is 9.96. The molecule has 1 aliphatic rings. The molecule has 4 rings (SSSR count). The van der Waals surface area contributed by atoms with Gasteiger partial charge in [-0.2, -0.15) is 0 Å². The van der Waals surface area contributed by atoms with Gasteiger partial charge in [0.2, 0.25) is 5.92 Å². The molecule has 34 heavy (non-hydrogen) atoms. The van der Waals surface area contributed by atoms with Gasteiger partial charge >= 0.3 is 0 Å². The number of rotatable bonds is 4. The number of nitrogens with zero attached hydrogens (tertiary/aromatic N) is 2. The van der Waals surface area contributed by atoms with E-state index in [0.29, 0.717) is 46.7 Å². The summed E-state index contributed by atoms with van der Waals surface area (Å²) < 4.78 is 42.2. The zero-order chi connectivity index (χ0) is 24.5. The number of halogens is 3. The minimum atomic E-state index is -2.73. The van der Waals surface area contributed by atoms with E-state index in [1.54, 1.807) is 31.0 Å². The van der Waals surface area contributed by atoms with Crippen molar-refractivity contribution in [2.45, 2.75) is 46.0 Å². The summed E-state index contributed by atoms with van der Waals surface area (Å²) in [5.74, 6) is -3.11. The van der Waals surface area contributed by atoms with Crippen LogP contribution in [0.25, 0.3) is 11.1 Å². The van der Waals surface area contributed by atoms with Gasteiger partial charge in [0.05, 0.1) is 5.56 Å². The number of pyridine rings is 1. The number of alkyl halides is 2. The second-order valence-corrected chi connectivity index (χ2v) is 9.03. The number of aryl methyl sites for hydroxylation is 2. The zero-order valence-electron chi connectivity index (χ0n) is 19.6. The van der Waals surface area contributed by atoms with Crippen molar-refractivity contribution in [1.82, 2.24) is 4.98 Å². The van der Waals surface area contributed by atoms with Gasteiger partial charge in [-0.05, 0) is 73.7 Å². The maximum absolute atomic E-state index is 14.1. The standard InChI is InChI=1S/C27H28F3N3O/c1-17-6-4-7-22(14-17)32-26(34)24-19(3)23(20-12-18(2)13-21(28)15-20)16-31-25(24)33-10-5-8-27(29,30)9-11-33/h4,6-7,12-16H,5,8-11H2,1-3H3,(H,32,34). The SMILES string of the molecule is Cc1cccc(NC(=O)c2c(N3CCCC(F)(F)CC3)ncc(-c3cc(C)cc(F)c3)c2C)c1. The number of hydrogen-bond donors (Lipinski definition) is 1. The molecule has 0 spiro atoms. The number of nitrogens with one attached hydrogen (secondary N) is 1. The van der Waals surface area contributed by atoms with Crippen molar-refractivity contribution in [3.8, 4) is 11.1 Å². The number of benzene rings is 2. The minimum Gasteiger partial charge on any atom is -0.356 e. The topological polar surface area (TPSA) is 45.2 Å². The van der Waals surface area contributed by atoms with E-state index in [-0.39, 0.29) is 31.1 Å². The first-order valence-corrected chi connectivity index (χ1v) is 11.4. The van der Waals surface area contributed by atoms with E-state index < -0.39 is 5.92 Å². The fourth-order valence-electron chi connectivity index (χ4n) is 4.48. The molecule has 0 unspecified atom stereocenters. The van der Waals surface area contributed by atoms with Crippen LogP contribution in [0.4, 0.5) is 24.7 Å². The van der Waals surface area contributed by atoms with Crippen LogP contribution in [0.2, 0.25) is 0 Å². The molecule has 0 saturated carbocycles. The van der Waals surface area contributed by atoms with Gasteiger partial charge in [-0.1, -0.05) is 18.2 Å². The summed E-state index contributed by atoms with van der Waals surface area (Å²) in [7, 11) is 0. The van der Waals surface area contributed by atoms with Crippen molar-refractivity contribution in [3.63, 3.8) is 0 Å². The molecule has 2 heterocycles. The number of hydrogen-bond acceptors (Lipinski definition) is 3. The van der Waals surface area contributed by atoms with Crippen LogP contribution in [-0.2, 0) is 0 Å². The predicted octanol–water partition coefficient (Wildman–Crippen LogP) is 6.69. The molecule has 3 aromatic rings. The Labute approximate surface area is 197 Å². The molecule has 1 fully saturated rings. The Morgan fingerprint density at radius 1 is 1.03 bits per heavy atom. The maximum Gasteiger partial charge on any atom is 0.259 e. The van der Waals surface area contributed by atoms with Gasteiger partial charge in [-0.3, -0.25) is 4.79 Å². The van der Waals surface area contributed by atoms with E-state index in [1.807, 2.05) is 31.2 Å². The van der Waals surface area contributed by atoms with E-state index in [0.717, 1.165) is 11.1 Å².